The molecule has 2 rings (SSSR count). The summed E-state index contributed by atoms with van der Waals surface area (Å²) in [5.41, 5.74) is 2.19. The molecule has 0 radical (unpaired) electrons. The SMILES string of the molecule is COc1ccc(/C(C#N)=C/c2cccnc2)cc1OC. The van der Waals surface area contributed by atoms with Gasteiger partial charge < -0.3 is 9.47 Å². The van der Waals surface area contributed by atoms with Gasteiger partial charge in [-0.15, -0.1) is 0 Å². The maximum atomic E-state index is 9.32. The third kappa shape index (κ3) is 2.96. The Labute approximate surface area is 117 Å². The number of nitriles is 1. The third-order valence-electron chi connectivity index (χ3n) is 2.81. The first-order chi connectivity index (χ1) is 9.78. The minimum absolute atomic E-state index is 0.541. The van der Waals surface area contributed by atoms with Gasteiger partial charge in [0.15, 0.2) is 11.5 Å². The van der Waals surface area contributed by atoms with Gasteiger partial charge in [0, 0.05) is 12.4 Å². The third-order valence-corrected chi connectivity index (χ3v) is 2.81. The van der Waals surface area contributed by atoms with Gasteiger partial charge in [0.25, 0.3) is 0 Å². The molecule has 0 bridgehead atoms. The number of benzene rings is 1. The minimum Gasteiger partial charge on any atom is -0.493 e. The van der Waals surface area contributed by atoms with Crippen LogP contribution >= 0.6 is 0 Å². The number of rotatable bonds is 4. The van der Waals surface area contributed by atoms with Crippen molar-refractivity contribution in [1.82, 2.24) is 4.98 Å². The molecular weight excluding hydrogens is 252 g/mol. The highest BCUT2D eigenvalue weighted by Crippen LogP contribution is 2.30. The van der Waals surface area contributed by atoms with Crippen molar-refractivity contribution in [3.05, 3.63) is 53.9 Å². The molecule has 1 aromatic carbocycles. The van der Waals surface area contributed by atoms with E-state index in [1.54, 1.807) is 44.8 Å². The van der Waals surface area contributed by atoms with Gasteiger partial charge in [0.2, 0.25) is 0 Å². The Bertz CT molecular complexity index is 658. The van der Waals surface area contributed by atoms with E-state index in [4.69, 9.17) is 9.47 Å². The lowest BCUT2D eigenvalue weighted by atomic mass is 10.0. The molecule has 0 saturated carbocycles. The average molecular weight is 266 g/mol. The maximum absolute atomic E-state index is 9.32. The summed E-state index contributed by atoms with van der Waals surface area (Å²) in [6.07, 6.45) is 5.19. The standard InChI is InChI=1S/C16H14N2O2/c1-19-15-6-5-13(9-16(15)20-2)14(10-17)8-12-4-3-7-18-11-12/h3-9,11H,1-2H3/b14-8+. The fraction of sp³-hybridized carbons (Fsp3) is 0.125. The number of hydrogen-bond acceptors (Lipinski definition) is 4. The highest BCUT2D eigenvalue weighted by Gasteiger charge is 2.08. The Hall–Kier alpha value is -2.80. The lowest BCUT2D eigenvalue weighted by Crippen LogP contribution is -1.92. The summed E-state index contributed by atoms with van der Waals surface area (Å²) in [4.78, 5) is 4.03. The molecule has 0 N–H and O–H groups in total. The number of hydrogen-bond donors (Lipinski definition) is 0. The van der Waals surface area contributed by atoms with Gasteiger partial charge in [-0.05, 0) is 41.5 Å². The zero-order chi connectivity index (χ0) is 14.4. The summed E-state index contributed by atoms with van der Waals surface area (Å²) in [7, 11) is 3.15. The van der Waals surface area contributed by atoms with E-state index in [0.717, 1.165) is 11.1 Å². The van der Waals surface area contributed by atoms with Crippen LogP contribution in [0.5, 0.6) is 11.5 Å². The molecule has 4 heteroatoms. The van der Waals surface area contributed by atoms with Crippen molar-refractivity contribution in [2.45, 2.75) is 0 Å². The molecule has 0 aliphatic carbocycles. The normalized spacial score (nSPS) is 10.8. The maximum Gasteiger partial charge on any atom is 0.161 e. The van der Waals surface area contributed by atoms with Crippen LogP contribution in [0.25, 0.3) is 11.6 Å². The Kier molecular flexibility index (Phi) is 4.35. The monoisotopic (exact) mass is 266 g/mol. The molecule has 0 fully saturated rings. The summed E-state index contributed by atoms with van der Waals surface area (Å²) in [5, 5.41) is 9.32. The molecule has 0 spiro atoms. The van der Waals surface area contributed by atoms with E-state index in [2.05, 4.69) is 11.1 Å². The van der Waals surface area contributed by atoms with E-state index in [0.29, 0.717) is 17.1 Å². The summed E-state index contributed by atoms with van der Waals surface area (Å²) >= 11 is 0. The molecule has 4 nitrogen and oxygen atoms in total. The largest absolute Gasteiger partial charge is 0.493 e. The van der Waals surface area contributed by atoms with Crippen molar-refractivity contribution < 1.29 is 9.47 Å². The van der Waals surface area contributed by atoms with Crippen molar-refractivity contribution in [2.75, 3.05) is 14.2 Å². The summed E-state index contributed by atoms with van der Waals surface area (Å²) in [5.74, 6) is 1.23. The van der Waals surface area contributed by atoms with Crippen molar-refractivity contribution >= 4 is 11.6 Å². The van der Waals surface area contributed by atoms with Crippen LogP contribution in [0.4, 0.5) is 0 Å². The minimum atomic E-state index is 0.541. The number of nitrogens with zero attached hydrogens (tertiary/aromatic N) is 2. The predicted octanol–water partition coefficient (Wildman–Crippen LogP) is 3.16. The molecule has 2 aromatic rings. The van der Waals surface area contributed by atoms with Crippen molar-refractivity contribution in [3.8, 4) is 17.6 Å². The van der Waals surface area contributed by atoms with Gasteiger partial charge in [-0.3, -0.25) is 4.98 Å². The van der Waals surface area contributed by atoms with Gasteiger partial charge in [0.1, 0.15) is 0 Å². The van der Waals surface area contributed by atoms with Crippen LogP contribution in [-0.4, -0.2) is 19.2 Å². The van der Waals surface area contributed by atoms with Gasteiger partial charge >= 0.3 is 0 Å². The molecule has 100 valence electrons. The first kappa shape index (κ1) is 13.6. The molecule has 0 saturated heterocycles. The molecule has 1 heterocycles. The van der Waals surface area contributed by atoms with Crippen LogP contribution in [0.2, 0.25) is 0 Å². The Balaban J connectivity index is 2.43. The number of ether oxygens (including phenoxy) is 2. The van der Waals surface area contributed by atoms with Crippen molar-refractivity contribution in [1.29, 1.82) is 5.26 Å². The zero-order valence-electron chi connectivity index (χ0n) is 11.3. The van der Waals surface area contributed by atoms with Gasteiger partial charge in [-0.1, -0.05) is 6.07 Å². The zero-order valence-corrected chi connectivity index (χ0v) is 11.3. The quantitative estimate of drug-likeness (QED) is 0.798. The van der Waals surface area contributed by atoms with E-state index in [1.165, 1.54) is 0 Å². The van der Waals surface area contributed by atoms with Gasteiger partial charge in [0.05, 0.1) is 25.9 Å². The van der Waals surface area contributed by atoms with E-state index in [1.807, 2.05) is 18.2 Å². The molecule has 0 unspecified atom stereocenters. The second-order valence-corrected chi connectivity index (χ2v) is 4.03. The molecule has 0 aliphatic heterocycles. The molecule has 1 aromatic heterocycles. The predicted molar refractivity (Wildman–Crippen MR) is 77.3 cm³/mol. The van der Waals surface area contributed by atoms with E-state index in [9.17, 15) is 5.26 Å². The van der Waals surface area contributed by atoms with Crippen LogP contribution in [0, 0.1) is 11.3 Å². The molecule has 0 amide bonds. The number of aromatic nitrogens is 1. The van der Waals surface area contributed by atoms with Crippen LogP contribution in [0.15, 0.2) is 42.7 Å². The Morgan fingerprint density at radius 2 is 2.00 bits per heavy atom. The second-order valence-electron chi connectivity index (χ2n) is 4.03. The first-order valence-electron chi connectivity index (χ1n) is 6.02. The number of pyridine rings is 1. The van der Waals surface area contributed by atoms with Crippen LogP contribution in [0.3, 0.4) is 0 Å². The smallest absolute Gasteiger partial charge is 0.161 e. The van der Waals surface area contributed by atoms with E-state index < -0.39 is 0 Å². The van der Waals surface area contributed by atoms with E-state index >= 15 is 0 Å². The molecule has 20 heavy (non-hydrogen) atoms. The lowest BCUT2D eigenvalue weighted by Gasteiger charge is -2.09. The van der Waals surface area contributed by atoms with Crippen LogP contribution in [0.1, 0.15) is 11.1 Å². The Morgan fingerprint density at radius 1 is 1.20 bits per heavy atom. The first-order valence-corrected chi connectivity index (χ1v) is 6.02. The molecule has 0 aliphatic rings. The summed E-state index contributed by atoms with van der Waals surface area (Å²) in [6, 6.07) is 11.3. The topological polar surface area (TPSA) is 55.1 Å². The van der Waals surface area contributed by atoms with Crippen LogP contribution in [-0.2, 0) is 0 Å². The number of allylic oxidation sites excluding steroid dienone is 1. The molecule has 0 atom stereocenters. The van der Waals surface area contributed by atoms with Gasteiger partial charge in [-0.25, -0.2) is 0 Å². The summed E-state index contributed by atoms with van der Waals surface area (Å²) < 4.78 is 10.4. The average Bonchev–Trinajstić information content (AvgIpc) is 2.53. The second kappa shape index (κ2) is 6.39. The summed E-state index contributed by atoms with van der Waals surface area (Å²) in [6.45, 7) is 0. The highest BCUT2D eigenvalue weighted by atomic mass is 16.5. The molecular formula is C16H14N2O2. The van der Waals surface area contributed by atoms with Crippen molar-refractivity contribution in [3.63, 3.8) is 0 Å². The van der Waals surface area contributed by atoms with E-state index in [-0.39, 0.29) is 0 Å². The fourth-order valence-corrected chi connectivity index (χ4v) is 1.81. The Morgan fingerprint density at radius 3 is 2.60 bits per heavy atom. The lowest BCUT2D eigenvalue weighted by molar-refractivity contribution is 0.355. The highest BCUT2D eigenvalue weighted by molar-refractivity contribution is 5.90. The fourth-order valence-electron chi connectivity index (χ4n) is 1.81. The van der Waals surface area contributed by atoms with Crippen molar-refractivity contribution in [2.24, 2.45) is 0 Å². The van der Waals surface area contributed by atoms with Crippen LogP contribution < -0.4 is 9.47 Å². The van der Waals surface area contributed by atoms with Gasteiger partial charge in [-0.2, -0.15) is 5.26 Å². The number of methoxy groups -OCH3 is 2.